The minimum absolute atomic E-state index is 0.235. The second kappa shape index (κ2) is 5.29. The van der Waals surface area contributed by atoms with E-state index in [0.717, 1.165) is 11.0 Å². The SMILES string of the molecule is C=CC(=O)Oc1cccc(N2C(=O)c3ccccc3C2=O)c1. The number of nitrogens with zero attached hydrogens (tertiary/aromatic N) is 1. The van der Waals surface area contributed by atoms with Crippen LogP contribution in [0, 0.1) is 0 Å². The number of amides is 2. The molecule has 0 saturated carbocycles. The fraction of sp³-hybridized carbons (Fsp3) is 0. The molecular formula is C17H11NO4. The molecule has 1 heterocycles. The summed E-state index contributed by atoms with van der Waals surface area (Å²) in [6.45, 7) is 3.31. The molecule has 108 valence electrons. The molecule has 2 amide bonds. The Morgan fingerprint density at radius 3 is 2.23 bits per heavy atom. The fourth-order valence-electron chi connectivity index (χ4n) is 2.27. The number of fused-ring (bicyclic) bond motifs is 1. The third-order valence-electron chi connectivity index (χ3n) is 3.25. The van der Waals surface area contributed by atoms with Gasteiger partial charge in [-0.2, -0.15) is 0 Å². The summed E-state index contributed by atoms with van der Waals surface area (Å²) in [5.74, 6) is -1.17. The number of anilines is 1. The van der Waals surface area contributed by atoms with Crippen molar-refractivity contribution in [3.63, 3.8) is 0 Å². The van der Waals surface area contributed by atoms with Gasteiger partial charge in [-0.1, -0.05) is 24.8 Å². The minimum atomic E-state index is -0.612. The minimum Gasteiger partial charge on any atom is -0.423 e. The highest BCUT2D eigenvalue weighted by Gasteiger charge is 2.36. The summed E-state index contributed by atoms with van der Waals surface area (Å²) in [7, 11) is 0. The monoisotopic (exact) mass is 293 g/mol. The zero-order chi connectivity index (χ0) is 15.7. The van der Waals surface area contributed by atoms with E-state index in [1.54, 1.807) is 42.5 Å². The maximum Gasteiger partial charge on any atom is 0.335 e. The first-order valence-corrected chi connectivity index (χ1v) is 6.54. The van der Waals surface area contributed by atoms with Gasteiger partial charge in [-0.05, 0) is 24.3 Å². The van der Waals surface area contributed by atoms with Crippen LogP contribution in [0.1, 0.15) is 20.7 Å². The Balaban J connectivity index is 1.98. The number of carbonyl (C=O) groups is 3. The highest BCUT2D eigenvalue weighted by Crippen LogP contribution is 2.30. The lowest BCUT2D eigenvalue weighted by Gasteiger charge is -2.14. The molecular weight excluding hydrogens is 282 g/mol. The van der Waals surface area contributed by atoms with E-state index >= 15 is 0 Å². The number of rotatable bonds is 3. The van der Waals surface area contributed by atoms with Crippen molar-refractivity contribution in [2.75, 3.05) is 4.90 Å². The Hall–Kier alpha value is -3.21. The van der Waals surface area contributed by atoms with Crippen molar-refractivity contribution in [2.45, 2.75) is 0 Å². The zero-order valence-electron chi connectivity index (χ0n) is 11.5. The average Bonchev–Trinajstić information content (AvgIpc) is 2.79. The molecule has 0 unspecified atom stereocenters. The van der Waals surface area contributed by atoms with Crippen LogP contribution in [-0.2, 0) is 4.79 Å². The number of hydrogen-bond acceptors (Lipinski definition) is 4. The molecule has 0 radical (unpaired) electrons. The van der Waals surface area contributed by atoms with Crippen molar-refractivity contribution < 1.29 is 19.1 Å². The normalized spacial score (nSPS) is 13.0. The predicted octanol–water partition coefficient (Wildman–Crippen LogP) is 2.58. The molecule has 0 aromatic heterocycles. The van der Waals surface area contributed by atoms with Gasteiger partial charge >= 0.3 is 5.97 Å². The van der Waals surface area contributed by atoms with Gasteiger partial charge in [0.2, 0.25) is 0 Å². The van der Waals surface area contributed by atoms with Gasteiger partial charge in [-0.25, -0.2) is 9.69 Å². The first-order valence-electron chi connectivity index (χ1n) is 6.54. The van der Waals surface area contributed by atoms with Crippen LogP contribution in [0.4, 0.5) is 5.69 Å². The third-order valence-corrected chi connectivity index (χ3v) is 3.25. The molecule has 3 rings (SSSR count). The smallest absolute Gasteiger partial charge is 0.335 e. The molecule has 5 nitrogen and oxygen atoms in total. The number of esters is 1. The number of benzene rings is 2. The molecule has 0 aliphatic carbocycles. The van der Waals surface area contributed by atoms with Gasteiger partial charge in [-0.3, -0.25) is 9.59 Å². The molecule has 0 saturated heterocycles. The van der Waals surface area contributed by atoms with Crippen LogP contribution in [0.15, 0.2) is 61.2 Å². The molecule has 22 heavy (non-hydrogen) atoms. The zero-order valence-corrected chi connectivity index (χ0v) is 11.5. The van der Waals surface area contributed by atoms with E-state index in [4.69, 9.17) is 4.74 Å². The molecule has 0 atom stereocenters. The molecule has 1 aliphatic rings. The van der Waals surface area contributed by atoms with Crippen molar-refractivity contribution in [2.24, 2.45) is 0 Å². The maximum absolute atomic E-state index is 12.4. The summed E-state index contributed by atoms with van der Waals surface area (Å²) in [4.78, 5) is 37.1. The summed E-state index contributed by atoms with van der Waals surface area (Å²) in [6, 6.07) is 12.9. The highest BCUT2D eigenvalue weighted by atomic mass is 16.5. The van der Waals surface area contributed by atoms with Crippen molar-refractivity contribution in [3.05, 3.63) is 72.3 Å². The number of hydrogen-bond donors (Lipinski definition) is 0. The van der Waals surface area contributed by atoms with Crippen LogP contribution >= 0.6 is 0 Å². The summed E-state index contributed by atoms with van der Waals surface area (Å²) >= 11 is 0. The molecule has 0 spiro atoms. The van der Waals surface area contributed by atoms with E-state index in [2.05, 4.69) is 6.58 Å². The summed E-state index contributed by atoms with van der Waals surface area (Å²) in [5.41, 5.74) is 1.07. The van der Waals surface area contributed by atoms with Crippen LogP contribution in [0.25, 0.3) is 0 Å². The largest absolute Gasteiger partial charge is 0.423 e. The maximum atomic E-state index is 12.4. The van der Waals surface area contributed by atoms with Crippen LogP contribution < -0.4 is 9.64 Å². The first kappa shape index (κ1) is 13.8. The van der Waals surface area contributed by atoms with Crippen molar-refractivity contribution in [3.8, 4) is 5.75 Å². The Kier molecular flexibility index (Phi) is 3.31. The van der Waals surface area contributed by atoms with Crippen LogP contribution in [0.5, 0.6) is 5.75 Å². The average molecular weight is 293 g/mol. The van der Waals surface area contributed by atoms with Gasteiger partial charge in [0.1, 0.15) is 5.75 Å². The third kappa shape index (κ3) is 2.18. The first-order chi connectivity index (χ1) is 10.6. The molecule has 2 aromatic carbocycles. The molecule has 0 N–H and O–H groups in total. The van der Waals surface area contributed by atoms with E-state index in [1.807, 2.05) is 0 Å². The van der Waals surface area contributed by atoms with Gasteiger partial charge < -0.3 is 4.74 Å². The standard InChI is InChI=1S/C17H11NO4/c1-2-15(19)22-12-7-5-6-11(10-12)18-16(20)13-8-3-4-9-14(13)17(18)21/h2-10H,1H2. The van der Waals surface area contributed by atoms with E-state index in [1.165, 1.54) is 6.07 Å². The lowest BCUT2D eigenvalue weighted by atomic mass is 10.1. The Morgan fingerprint density at radius 2 is 1.64 bits per heavy atom. The van der Waals surface area contributed by atoms with Gasteiger partial charge in [-0.15, -0.1) is 0 Å². The van der Waals surface area contributed by atoms with E-state index in [-0.39, 0.29) is 5.75 Å². The molecule has 5 heteroatoms. The van der Waals surface area contributed by atoms with Gasteiger partial charge in [0.25, 0.3) is 11.8 Å². The summed E-state index contributed by atoms with van der Waals surface area (Å²) in [5, 5.41) is 0. The van der Waals surface area contributed by atoms with Crippen molar-refractivity contribution in [1.82, 2.24) is 0 Å². The van der Waals surface area contributed by atoms with E-state index in [9.17, 15) is 14.4 Å². The van der Waals surface area contributed by atoms with Gasteiger partial charge in [0.05, 0.1) is 16.8 Å². The summed E-state index contributed by atoms with van der Waals surface area (Å²) in [6.07, 6.45) is 1.04. The van der Waals surface area contributed by atoms with Gasteiger partial charge in [0.15, 0.2) is 0 Å². The predicted molar refractivity (Wildman–Crippen MR) is 79.9 cm³/mol. The van der Waals surface area contributed by atoms with Crippen LogP contribution in [0.2, 0.25) is 0 Å². The lowest BCUT2D eigenvalue weighted by Crippen LogP contribution is -2.29. The fourth-order valence-corrected chi connectivity index (χ4v) is 2.27. The Bertz CT molecular complexity index is 775. The number of carbonyl (C=O) groups excluding carboxylic acids is 3. The Morgan fingerprint density at radius 1 is 1.00 bits per heavy atom. The number of imide groups is 1. The molecule has 2 aromatic rings. The van der Waals surface area contributed by atoms with Crippen LogP contribution in [0.3, 0.4) is 0 Å². The molecule has 1 aliphatic heterocycles. The summed E-state index contributed by atoms with van der Waals surface area (Å²) < 4.78 is 5.01. The van der Waals surface area contributed by atoms with Crippen molar-refractivity contribution in [1.29, 1.82) is 0 Å². The molecule has 0 fully saturated rings. The quantitative estimate of drug-likeness (QED) is 0.377. The van der Waals surface area contributed by atoms with E-state index < -0.39 is 17.8 Å². The Labute approximate surface area is 126 Å². The van der Waals surface area contributed by atoms with Gasteiger partial charge in [0, 0.05) is 12.1 Å². The highest BCUT2D eigenvalue weighted by molar-refractivity contribution is 6.34. The van der Waals surface area contributed by atoms with Crippen LogP contribution in [-0.4, -0.2) is 17.8 Å². The lowest BCUT2D eigenvalue weighted by molar-refractivity contribution is -0.128. The second-order valence-corrected chi connectivity index (χ2v) is 4.61. The number of ether oxygens (including phenoxy) is 1. The second-order valence-electron chi connectivity index (χ2n) is 4.61. The van der Waals surface area contributed by atoms with E-state index in [0.29, 0.717) is 16.8 Å². The molecule has 0 bridgehead atoms. The van der Waals surface area contributed by atoms with Crippen molar-refractivity contribution >= 4 is 23.5 Å². The topological polar surface area (TPSA) is 63.7 Å².